The van der Waals surface area contributed by atoms with Crippen LogP contribution in [0.1, 0.15) is 63.7 Å². The van der Waals surface area contributed by atoms with Crippen LogP contribution in [0.5, 0.6) is 0 Å². The molecule has 4 aromatic rings. The maximum atomic E-state index is 15.0. The molecule has 0 saturated heterocycles. The highest BCUT2D eigenvalue weighted by Gasteiger charge is 2.45. The molecule has 0 heterocycles. The number of hydrogen-bond acceptors (Lipinski definition) is 3. The fraction of sp³-hybridized carbons (Fsp3) is 0.212. The van der Waals surface area contributed by atoms with Gasteiger partial charge >= 0.3 is 0 Å². The van der Waals surface area contributed by atoms with E-state index in [9.17, 15) is 9.59 Å². The summed E-state index contributed by atoms with van der Waals surface area (Å²) in [5, 5.41) is 0.256. The van der Waals surface area contributed by atoms with Crippen molar-refractivity contribution in [3.8, 4) is 11.1 Å². The molecule has 0 fully saturated rings. The Morgan fingerprint density at radius 2 is 1.14 bits per heavy atom. The van der Waals surface area contributed by atoms with Gasteiger partial charge in [0.2, 0.25) is 18.2 Å². The molecule has 0 amide bonds. The number of hydrogen-bond donors (Lipinski definition) is 0. The molecule has 4 rings (SSSR count). The second kappa shape index (κ2) is 10.1. The lowest BCUT2D eigenvalue weighted by molar-refractivity contribution is 0.104. The lowest BCUT2D eigenvalue weighted by Gasteiger charge is -2.24. The predicted molar refractivity (Wildman–Crippen MR) is 154 cm³/mol. The second-order valence-electron chi connectivity index (χ2n) is 10.7. The van der Waals surface area contributed by atoms with Crippen LogP contribution in [0.2, 0.25) is 0 Å². The van der Waals surface area contributed by atoms with Crippen LogP contribution in [0.3, 0.4) is 0 Å². The molecule has 188 valence electrons. The van der Waals surface area contributed by atoms with E-state index in [0.29, 0.717) is 22.3 Å². The normalized spacial score (nSPS) is 13.1. The standard InChI is InChI=1S/C33H33O3P/c1-22-14-13-19-28(25-15-9-7-10-16-25)30(22)32(35)37(36,27-17-11-8-12-18-27)31(34)29-23(2)20-26(21-24(29)3)33(4,5)6/h7-21H,1-6H3. The van der Waals surface area contributed by atoms with E-state index in [4.69, 9.17) is 0 Å². The first-order chi connectivity index (χ1) is 17.5. The van der Waals surface area contributed by atoms with Gasteiger partial charge in [0, 0.05) is 16.4 Å². The monoisotopic (exact) mass is 508 g/mol. The van der Waals surface area contributed by atoms with Crippen LogP contribution in [0.4, 0.5) is 0 Å². The van der Waals surface area contributed by atoms with E-state index >= 15 is 4.57 Å². The van der Waals surface area contributed by atoms with Crippen molar-refractivity contribution in [2.75, 3.05) is 0 Å². The number of carbonyl (C=O) groups excluding carboxylic acids is 2. The molecule has 37 heavy (non-hydrogen) atoms. The SMILES string of the molecule is Cc1cc(C(C)(C)C)cc(C)c1C(=O)P(=O)(C(=O)c1c(C)cccc1-c1ccccc1)c1ccccc1. The van der Waals surface area contributed by atoms with Gasteiger partial charge in [0.15, 0.2) is 0 Å². The van der Waals surface area contributed by atoms with Crippen molar-refractivity contribution in [3.63, 3.8) is 0 Å². The summed E-state index contributed by atoms with van der Waals surface area (Å²) >= 11 is 0. The van der Waals surface area contributed by atoms with Crippen molar-refractivity contribution in [1.29, 1.82) is 0 Å². The third-order valence-corrected chi connectivity index (χ3v) is 9.49. The van der Waals surface area contributed by atoms with Gasteiger partial charge in [0.1, 0.15) is 0 Å². The van der Waals surface area contributed by atoms with Gasteiger partial charge < -0.3 is 4.57 Å². The molecule has 0 aromatic heterocycles. The Bertz CT molecular complexity index is 1500. The van der Waals surface area contributed by atoms with Crippen molar-refractivity contribution in [2.45, 2.75) is 47.0 Å². The van der Waals surface area contributed by atoms with Crippen LogP contribution < -0.4 is 5.30 Å². The highest BCUT2D eigenvalue weighted by molar-refractivity contribution is 8.01. The number of aryl methyl sites for hydroxylation is 3. The van der Waals surface area contributed by atoms with Crippen LogP contribution in [-0.2, 0) is 9.98 Å². The smallest absolute Gasteiger partial charge is 0.248 e. The highest BCUT2D eigenvalue weighted by Crippen LogP contribution is 2.53. The van der Waals surface area contributed by atoms with Crippen molar-refractivity contribution in [1.82, 2.24) is 0 Å². The second-order valence-corrected chi connectivity index (χ2v) is 13.2. The molecule has 0 aliphatic heterocycles. The molecular formula is C33H33O3P. The summed E-state index contributed by atoms with van der Waals surface area (Å²) in [7, 11) is -4.26. The summed E-state index contributed by atoms with van der Waals surface area (Å²) in [4.78, 5) is 28.8. The van der Waals surface area contributed by atoms with Gasteiger partial charge in [-0.15, -0.1) is 0 Å². The zero-order valence-corrected chi connectivity index (χ0v) is 23.2. The fourth-order valence-electron chi connectivity index (χ4n) is 4.82. The van der Waals surface area contributed by atoms with Gasteiger partial charge in [-0.25, -0.2) is 0 Å². The first kappa shape index (κ1) is 26.5. The Labute approximate surface area is 219 Å². The molecule has 0 spiro atoms. The molecule has 1 atom stereocenters. The topological polar surface area (TPSA) is 51.2 Å². The van der Waals surface area contributed by atoms with E-state index in [2.05, 4.69) is 20.8 Å². The van der Waals surface area contributed by atoms with Crippen LogP contribution in [-0.4, -0.2) is 11.0 Å². The zero-order valence-electron chi connectivity index (χ0n) is 22.3. The largest absolute Gasteiger partial charge is 0.302 e. The molecule has 3 nitrogen and oxygen atoms in total. The van der Waals surface area contributed by atoms with E-state index in [0.717, 1.165) is 22.3 Å². The van der Waals surface area contributed by atoms with Gasteiger partial charge in [0.25, 0.3) is 0 Å². The number of rotatable bonds is 6. The minimum atomic E-state index is -4.26. The first-order valence-electron chi connectivity index (χ1n) is 12.5. The Morgan fingerprint density at radius 1 is 0.622 bits per heavy atom. The van der Waals surface area contributed by atoms with Crippen LogP contribution in [0.15, 0.2) is 91.0 Å². The summed E-state index contributed by atoms with van der Waals surface area (Å²) in [6, 6.07) is 27.5. The molecule has 4 aromatic carbocycles. The lowest BCUT2D eigenvalue weighted by atomic mass is 9.84. The summed E-state index contributed by atoms with van der Waals surface area (Å²) in [5.41, 5.74) is 4.09. The van der Waals surface area contributed by atoms with E-state index in [-0.39, 0.29) is 10.7 Å². The van der Waals surface area contributed by atoms with E-state index < -0.39 is 18.2 Å². The third kappa shape index (κ3) is 4.89. The minimum absolute atomic E-state index is 0.109. The summed E-state index contributed by atoms with van der Waals surface area (Å²) < 4.78 is 15.0. The predicted octanol–water partition coefficient (Wildman–Crippen LogP) is 8.25. The molecule has 0 aliphatic carbocycles. The quantitative estimate of drug-likeness (QED) is 0.246. The molecule has 4 heteroatoms. The molecule has 0 aliphatic rings. The van der Waals surface area contributed by atoms with Crippen LogP contribution >= 0.6 is 7.14 Å². The van der Waals surface area contributed by atoms with Gasteiger partial charge in [0.05, 0.1) is 0 Å². The maximum Gasteiger partial charge on any atom is 0.248 e. The van der Waals surface area contributed by atoms with E-state index in [1.807, 2.05) is 81.4 Å². The Morgan fingerprint density at radius 3 is 1.68 bits per heavy atom. The van der Waals surface area contributed by atoms with E-state index in [1.165, 1.54) is 0 Å². The number of benzene rings is 4. The summed E-state index contributed by atoms with van der Waals surface area (Å²) in [6.45, 7) is 11.9. The summed E-state index contributed by atoms with van der Waals surface area (Å²) in [6.07, 6.45) is 0. The Kier molecular flexibility index (Phi) is 7.22. The first-order valence-corrected chi connectivity index (χ1v) is 14.2. The average Bonchev–Trinajstić information content (AvgIpc) is 2.87. The highest BCUT2D eigenvalue weighted by atomic mass is 31.2. The molecule has 0 bridgehead atoms. The van der Waals surface area contributed by atoms with Crippen LogP contribution in [0, 0.1) is 20.8 Å². The minimum Gasteiger partial charge on any atom is -0.302 e. The van der Waals surface area contributed by atoms with Crippen molar-refractivity contribution >= 4 is 23.5 Å². The lowest BCUT2D eigenvalue weighted by Crippen LogP contribution is -2.23. The summed E-state index contributed by atoms with van der Waals surface area (Å²) in [5.74, 6) is 0. The van der Waals surface area contributed by atoms with Crippen LogP contribution in [0.25, 0.3) is 11.1 Å². The van der Waals surface area contributed by atoms with Gasteiger partial charge in [-0.1, -0.05) is 112 Å². The van der Waals surface area contributed by atoms with Crippen molar-refractivity contribution in [2.24, 2.45) is 0 Å². The van der Waals surface area contributed by atoms with E-state index in [1.54, 1.807) is 30.3 Å². The third-order valence-electron chi connectivity index (χ3n) is 6.88. The maximum absolute atomic E-state index is 15.0. The van der Waals surface area contributed by atoms with Crippen molar-refractivity contribution in [3.05, 3.63) is 124 Å². The molecule has 0 radical (unpaired) electrons. The fourth-order valence-corrected chi connectivity index (χ4v) is 7.35. The van der Waals surface area contributed by atoms with Crippen molar-refractivity contribution < 1.29 is 14.2 Å². The molecule has 0 N–H and O–H groups in total. The zero-order chi connectivity index (χ0) is 27.0. The van der Waals surface area contributed by atoms with Gasteiger partial charge in [-0.05, 0) is 59.6 Å². The average molecular weight is 509 g/mol. The molecule has 1 unspecified atom stereocenters. The number of carbonyl (C=O) groups is 2. The Hall–Kier alpha value is -3.55. The molecular weight excluding hydrogens is 475 g/mol. The molecule has 0 saturated carbocycles. The van der Waals surface area contributed by atoms with Gasteiger partial charge in [-0.2, -0.15) is 0 Å². The van der Waals surface area contributed by atoms with Gasteiger partial charge in [-0.3, -0.25) is 9.59 Å². The Balaban J connectivity index is 1.98.